The lowest BCUT2D eigenvalue weighted by Crippen LogP contribution is -2.33. The summed E-state index contributed by atoms with van der Waals surface area (Å²) in [6.45, 7) is 1.69. The second kappa shape index (κ2) is 9.94. The molecule has 0 bridgehead atoms. The molecule has 0 saturated heterocycles. The first-order valence-corrected chi connectivity index (χ1v) is 8.37. The molecule has 1 rings (SSSR count). The van der Waals surface area contributed by atoms with Crippen molar-refractivity contribution in [3.63, 3.8) is 0 Å². The molecule has 0 fully saturated rings. The number of halogens is 4. The van der Waals surface area contributed by atoms with Crippen LogP contribution in [-0.2, 0) is 14.8 Å². The highest BCUT2D eigenvalue weighted by molar-refractivity contribution is 9.10. The second-order valence-electron chi connectivity index (χ2n) is 3.84. The summed E-state index contributed by atoms with van der Waals surface area (Å²) >= 11 is 8.80. The van der Waals surface area contributed by atoms with Gasteiger partial charge in [0.15, 0.2) is 0 Å². The zero-order chi connectivity index (χ0) is 15.2. The van der Waals surface area contributed by atoms with E-state index in [1.54, 1.807) is 7.11 Å². The largest absolute Gasteiger partial charge is 0.383 e. The summed E-state index contributed by atoms with van der Waals surface area (Å²) in [7, 11) is -2.35. The van der Waals surface area contributed by atoms with Crippen LogP contribution in [0, 0.1) is 5.82 Å². The molecule has 5 nitrogen and oxygen atoms in total. The smallest absolute Gasteiger partial charge is 0.243 e. The van der Waals surface area contributed by atoms with Gasteiger partial charge >= 0.3 is 0 Å². The molecule has 1 aromatic rings. The average molecular weight is 426 g/mol. The molecule has 0 heterocycles. The van der Waals surface area contributed by atoms with Crippen LogP contribution in [-0.4, -0.2) is 41.8 Å². The maximum absolute atomic E-state index is 13.7. The second-order valence-corrected chi connectivity index (χ2v) is 6.83. The van der Waals surface area contributed by atoms with Crippen LogP contribution in [0.3, 0.4) is 0 Å². The third kappa shape index (κ3) is 6.77. The highest BCUT2D eigenvalue weighted by Gasteiger charge is 2.20. The number of nitrogens with one attached hydrogen (secondary N) is 2. The molecule has 10 heteroatoms. The lowest BCUT2D eigenvalue weighted by molar-refractivity contribution is 0.199. The van der Waals surface area contributed by atoms with Gasteiger partial charge in [-0.3, -0.25) is 0 Å². The van der Waals surface area contributed by atoms with E-state index < -0.39 is 20.7 Å². The number of sulfonamides is 1. The van der Waals surface area contributed by atoms with Crippen molar-refractivity contribution in [2.75, 3.05) is 33.4 Å². The van der Waals surface area contributed by atoms with Crippen LogP contribution < -0.4 is 10.0 Å². The van der Waals surface area contributed by atoms with Gasteiger partial charge in [0.25, 0.3) is 0 Å². The Bertz CT molecular complexity index is 561. The number of benzene rings is 1. The van der Waals surface area contributed by atoms with Crippen molar-refractivity contribution in [3.05, 3.63) is 27.4 Å². The predicted molar refractivity (Wildman–Crippen MR) is 86.3 cm³/mol. The fourth-order valence-corrected chi connectivity index (χ4v) is 3.02. The molecule has 2 N–H and O–H groups in total. The highest BCUT2D eigenvalue weighted by Crippen LogP contribution is 2.27. The third-order valence-corrected chi connectivity index (χ3v) is 5.01. The Morgan fingerprint density at radius 3 is 2.62 bits per heavy atom. The van der Waals surface area contributed by atoms with E-state index in [0.717, 1.165) is 12.1 Å². The Morgan fingerprint density at radius 1 is 1.33 bits per heavy atom. The minimum atomic E-state index is -3.92. The molecule has 0 spiro atoms. The van der Waals surface area contributed by atoms with Crippen LogP contribution in [0.1, 0.15) is 0 Å². The zero-order valence-electron chi connectivity index (χ0n) is 11.2. The van der Waals surface area contributed by atoms with Gasteiger partial charge in [0, 0.05) is 31.2 Å². The van der Waals surface area contributed by atoms with Crippen LogP contribution >= 0.6 is 39.9 Å². The molecule has 21 heavy (non-hydrogen) atoms. The van der Waals surface area contributed by atoms with Gasteiger partial charge in [0.2, 0.25) is 10.0 Å². The van der Waals surface area contributed by atoms with Crippen molar-refractivity contribution in [2.45, 2.75) is 4.90 Å². The summed E-state index contributed by atoms with van der Waals surface area (Å²) in [6, 6.07) is 2.09. The quantitative estimate of drug-likeness (QED) is 0.494. The molecule has 1 aromatic carbocycles. The van der Waals surface area contributed by atoms with Crippen LogP contribution in [0.15, 0.2) is 21.5 Å². The minimum absolute atomic E-state index is 0. The highest BCUT2D eigenvalue weighted by atomic mass is 79.9. The molecule has 0 radical (unpaired) electrons. The summed E-state index contributed by atoms with van der Waals surface area (Å²) in [4.78, 5) is -0.470. The Balaban J connectivity index is 0.00000400. The molecular weight excluding hydrogens is 410 g/mol. The molecule has 0 unspecified atom stereocenters. The van der Waals surface area contributed by atoms with Gasteiger partial charge in [-0.1, -0.05) is 11.6 Å². The number of ether oxygens (including phenoxy) is 1. The van der Waals surface area contributed by atoms with E-state index in [0.29, 0.717) is 24.2 Å². The lowest BCUT2D eigenvalue weighted by atomic mass is 10.3. The van der Waals surface area contributed by atoms with E-state index >= 15 is 0 Å². The van der Waals surface area contributed by atoms with Crippen molar-refractivity contribution >= 4 is 50.0 Å². The fourth-order valence-electron chi connectivity index (χ4n) is 1.36. The Hall–Kier alpha value is 0.0400. The van der Waals surface area contributed by atoms with E-state index in [-0.39, 0.29) is 24.0 Å². The topological polar surface area (TPSA) is 67.4 Å². The van der Waals surface area contributed by atoms with Gasteiger partial charge in [0.1, 0.15) is 10.7 Å². The van der Waals surface area contributed by atoms with E-state index in [4.69, 9.17) is 16.3 Å². The van der Waals surface area contributed by atoms with E-state index in [1.165, 1.54) is 0 Å². The first-order chi connectivity index (χ1) is 9.38. The van der Waals surface area contributed by atoms with Crippen molar-refractivity contribution in [3.8, 4) is 0 Å². The molecule has 0 aromatic heterocycles. The summed E-state index contributed by atoms with van der Waals surface area (Å²) in [5.74, 6) is -0.860. The summed E-state index contributed by atoms with van der Waals surface area (Å²) in [6.07, 6.45) is 0. The summed E-state index contributed by atoms with van der Waals surface area (Å²) in [5, 5.41) is 3.10. The predicted octanol–water partition coefficient (Wildman–Crippen LogP) is 2.18. The Labute approximate surface area is 143 Å². The Kier molecular flexibility index (Phi) is 9.96. The third-order valence-electron chi connectivity index (χ3n) is 2.34. The first-order valence-electron chi connectivity index (χ1n) is 5.72. The number of hydrogen-bond acceptors (Lipinski definition) is 4. The monoisotopic (exact) mass is 424 g/mol. The van der Waals surface area contributed by atoms with Crippen LogP contribution in [0.2, 0.25) is 5.02 Å². The van der Waals surface area contributed by atoms with Crippen molar-refractivity contribution in [1.82, 2.24) is 10.0 Å². The van der Waals surface area contributed by atoms with E-state index in [2.05, 4.69) is 26.0 Å². The normalized spacial score (nSPS) is 11.2. The standard InChI is InChI=1S/C11H15BrClFN2O3S.ClH/c1-19-5-4-15-2-3-16-20(17,18)11-7-9(13)8(12)6-10(11)14;/h6-7,15-16H,2-5H2,1H3;1H. The zero-order valence-corrected chi connectivity index (χ0v) is 15.1. The molecule has 0 atom stereocenters. The molecule has 0 aliphatic rings. The summed E-state index contributed by atoms with van der Waals surface area (Å²) < 4.78 is 44.9. The molecular formula is C11H16BrCl2FN2O3S. The molecule has 0 aliphatic heterocycles. The molecule has 0 saturated carbocycles. The average Bonchev–Trinajstić information content (AvgIpc) is 2.37. The number of hydrogen-bond donors (Lipinski definition) is 2. The maximum atomic E-state index is 13.7. The number of methoxy groups -OCH3 is 1. The SMILES string of the molecule is COCCNCCNS(=O)(=O)c1cc(Cl)c(Br)cc1F.Cl. The van der Waals surface area contributed by atoms with E-state index in [9.17, 15) is 12.8 Å². The van der Waals surface area contributed by atoms with Gasteiger partial charge in [-0.05, 0) is 28.1 Å². The lowest BCUT2D eigenvalue weighted by Gasteiger charge is -2.09. The maximum Gasteiger partial charge on any atom is 0.243 e. The molecule has 122 valence electrons. The molecule has 0 aliphatic carbocycles. The fraction of sp³-hybridized carbons (Fsp3) is 0.455. The van der Waals surface area contributed by atoms with Crippen LogP contribution in [0.25, 0.3) is 0 Å². The van der Waals surface area contributed by atoms with Crippen molar-refractivity contribution < 1.29 is 17.5 Å². The van der Waals surface area contributed by atoms with Crippen LogP contribution in [0.4, 0.5) is 4.39 Å². The van der Waals surface area contributed by atoms with Crippen LogP contribution in [0.5, 0.6) is 0 Å². The van der Waals surface area contributed by atoms with Gasteiger partial charge in [-0.15, -0.1) is 12.4 Å². The minimum Gasteiger partial charge on any atom is -0.383 e. The Morgan fingerprint density at radius 2 is 2.00 bits per heavy atom. The van der Waals surface area contributed by atoms with Gasteiger partial charge in [-0.2, -0.15) is 0 Å². The van der Waals surface area contributed by atoms with Gasteiger partial charge in [0.05, 0.1) is 11.6 Å². The molecule has 0 amide bonds. The van der Waals surface area contributed by atoms with Crippen molar-refractivity contribution in [1.29, 1.82) is 0 Å². The van der Waals surface area contributed by atoms with Gasteiger partial charge < -0.3 is 10.1 Å². The first kappa shape index (κ1) is 21.0. The van der Waals surface area contributed by atoms with Gasteiger partial charge in [-0.25, -0.2) is 17.5 Å². The number of rotatable bonds is 8. The summed E-state index contributed by atoms with van der Waals surface area (Å²) in [5.41, 5.74) is 0. The van der Waals surface area contributed by atoms with E-state index in [1.807, 2.05) is 0 Å². The van der Waals surface area contributed by atoms with Crippen molar-refractivity contribution in [2.24, 2.45) is 0 Å².